The molecule has 0 spiro atoms. The molecule has 4 heteroatoms. The molecule has 1 fully saturated rings. The van der Waals surface area contributed by atoms with Crippen LogP contribution in [0.5, 0.6) is 11.6 Å². The summed E-state index contributed by atoms with van der Waals surface area (Å²) in [4.78, 5) is 11.7. The van der Waals surface area contributed by atoms with E-state index in [2.05, 4.69) is 9.88 Å². The van der Waals surface area contributed by atoms with Gasteiger partial charge in [-0.3, -0.25) is 0 Å². The molecule has 0 bridgehead atoms. The van der Waals surface area contributed by atoms with Crippen LogP contribution in [0.3, 0.4) is 0 Å². The molecule has 0 aliphatic carbocycles. The predicted octanol–water partition coefficient (Wildman–Crippen LogP) is 4.02. The standard InChI is InChI=1S/C18H17N3O/c1-2-8-14(9-3-1)22-18-17(21-12-6-7-13-21)19-15-10-4-5-11-16(15)20-18/h1-5,8-11H,6-7,12-13H2. The number of aromatic nitrogens is 2. The van der Waals surface area contributed by atoms with Gasteiger partial charge in [0.15, 0.2) is 5.82 Å². The van der Waals surface area contributed by atoms with Crippen molar-refractivity contribution in [3.8, 4) is 11.6 Å². The van der Waals surface area contributed by atoms with Crippen molar-refractivity contribution >= 4 is 16.9 Å². The van der Waals surface area contributed by atoms with Crippen molar-refractivity contribution in [1.82, 2.24) is 9.97 Å². The van der Waals surface area contributed by atoms with Gasteiger partial charge in [0.1, 0.15) is 5.75 Å². The highest BCUT2D eigenvalue weighted by molar-refractivity contribution is 5.77. The first-order valence-electron chi connectivity index (χ1n) is 7.65. The van der Waals surface area contributed by atoms with E-state index in [4.69, 9.17) is 9.72 Å². The Morgan fingerprint density at radius 2 is 1.41 bits per heavy atom. The van der Waals surface area contributed by atoms with Crippen LogP contribution in [0.2, 0.25) is 0 Å². The summed E-state index contributed by atoms with van der Waals surface area (Å²) in [7, 11) is 0. The zero-order chi connectivity index (χ0) is 14.8. The summed E-state index contributed by atoms with van der Waals surface area (Å²) in [6, 6.07) is 17.7. The second-order valence-corrected chi connectivity index (χ2v) is 5.45. The Bertz CT molecular complexity index is 783. The molecule has 0 saturated carbocycles. The third-order valence-corrected chi connectivity index (χ3v) is 3.88. The molecule has 2 aromatic carbocycles. The van der Waals surface area contributed by atoms with Crippen molar-refractivity contribution in [1.29, 1.82) is 0 Å². The van der Waals surface area contributed by atoms with Crippen LogP contribution >= 0.6 is 0 Å². The van der Waals surface area contributed by atoms with Crippen LogP contribution in [-0.2, 0) is 0 Å². The zero-order valence-corrected chi connectivity index (χ0v) is 12.3. The summed E-state index contributed by atoms with van der Waals surface area (Å²) in [5.74, 6) is 2.22. The number of benzene rings is 2. The molecule has 0 unspecified atom stereocenters. The van der Waals surface area contributed by atoms with Crippen LogP contribution in [0.25, 0.3) is 11.0 Å². The van der Waals surface area contributed by atoms with Crippen molar-refractivity contribution in [2.24, 2.45) is 0 Å². The van der Waals surface area contributed by atoms with Gasteiger partial charge in [-0.25, -0.2) is 9.97 Å². The van der Waals surface area contributed by atoms with Gasteiger partial charge in [0.05, 0.1) is 11.0 Å². The molecule has 4 nitrogen and oxygen atoms in total. The summed E-state index contributed by atoms with van der Waals surface area (Å²) in [5.41, 5.74) is 1.76. The van der Waals surface area contributed by atoms with Crippen molar-refractivity contribution in [3.05, 3.63) is 54.6 Å². The minimum Gasteiger partial charge on any atom is -0.436 e. The summed E-state index contributed by atoms with van der Waals surface area (Å²) < 4.78 is 6.01. The third kappa shape index (κ3) is 2.48. The van der Waals surface area contributed by atoms with Crippen molar-refractivity contribution < 1.29 is 4.74 Å². The predicted molar refractivity (Wildman–Crippen MR) is 87.5 cm³/mol. The van der Waals surface area contributed by atoms with Gasteiger partial charge in [0.25, 0.3) is 5.88 Å². The maximum Gasteiger partial charge on any atom is 0.263 e. The van der Waals surface area contributed by atoms with Gasteiger partial charge in [-0.15, -0.1) is 0 Å². The van der Waals surface area contributed by atoms with Gasteiger partial charge in [0, 0.05) is 13.1 Å². The van der Waals surface area contributed by atoms with E-state index in [0.717, 1.165) is 35.7 Å². The molecule has 2 heterocycles. The first-order chi connectivity index (χ1) is 10.9. The highest BCUT2D eigenvalue weighted by Gasteiger charge is 2.20. The van der Waals surface area contributed by atoms with Gasteiger partial charge in [-0.2, -0.15) is 0 Å². The number of hydrogen-bond donors (Lipinski definition) is 0. The highest BCUT2D eigenvalue weighted by atomic mass is 16.5. The second-order valence-electron chi connectivity index (χ2n) is 5.45. The van der Waals surface area contributed by atoms with Gasteiger partial charge < -0.3 is 9.64 Å². The molecule has 0 atom stereocenters. The smallest absolute Gasteiger partial charge is 0.263 e. The molecule has 1 aliphatic heterocycles. The lowest BCUT2D eigenvalue weighted by atomic mass is 10.3. The fraction of sp³-hybridized carbons (Fsp3) is 0.222. The number of hydrogen-bond acceptors (Lipinski definition) is 4. The number of fused-ring (bicyclic) bond motifs is 1. The lowest BCUT2D eigenvalue weighted by Crippen LogP contribution is -2.20. The second kappa shape index (κ2) is 5.64. The van der Waals surface area contributed by atoms with Crippen molar-refractivity contribution in [3.63, 3.8) is 0 Å². The average molecular weight is 291 g/mol. The fourth-order valence-corrected chi connectivity index (χ4v) is 2.78. The summed E-state index contributed by atoms with van der Waals surface area (Å²) >= 11 is 0. The summed E-state index contributed by atoms with van der Waals surface area (Å²) in [6.07, 6.45) is 2.39. The van der Waals surface area contributed by atoms with Crippen LogP contribution in [0.15, 0.2) is 54.6 Å². The highest BCUT2D eigenvalue weighted by Crippen LogP contribution is 2.32. The molecule has 1 aliphatic rings. The molecule has 110 valence electrons. The van der Waals surface area contributed by atoms with Gasteiger partial charge in [0.2, 0.25) is 0 Å². The third-order valence-electron chi connectivity index (χ3n) is 3.88. The number of anilines is 1. The number of para-hydroxylation sites is 3. The van der Waals surface area contributed by atoms with Crippen LogP contribution in [0.4, 0.5) is 5.82 Å². The number of ether oxygens (including phenoxy) is 1. The molecular formula is C18H17N3O. The van der Waals surface area contributed by atoms with Crippen molar-refractivity contribution in [2.75, 3.05) is 18.0 Å². The average Bonchev–Trinajstić information content (AvgIpc) is 3.09. The number of nitrogens with zero attached hydrogens (tertiary/aromatic N) is 3. The van der Waals surface area contributed by atoms with Crippen LogP contribution in [0.1, 0.15) is 12.8 Å². The Labute approximate surface area is 129 Å². The van der Waals surface area contributed by atoms with E-state index >= 15 is 0 Å². The topological polar surface area (TPSA) is 38.3 Å². The Hall–Kier alpha value is -2.62. The minimum atomic E-state index is 0.590. The minimum absolute atomic E-state index is 0.590. The molecule has 4 rings (SSSR count). The molecule has 22 heavy (non-hydrogen) atoms. The first kappa shape index (κ1) is 13.1. The van der Waals surface area contributed by atoms with E-state index in [0.29, 0.717) is 5.88 Å². The lowest BCUT2D eigenvalue weighted by Gasteiger charge is -2.19. The van der Waals surface area contributed by atoms with E-state index in [1.165, 1.54) is 12.8 Å². The van der Waals surface area contributed by atoms with E-state index in [-0.39, 0.29) is 0 Å². The molecular weight excluding hydrogens is 274 g/mol. The summed E-state index contributed by atoms with van der Waals surface area (Å²) in [6.45, 7) is 2.02. The first-order valence-corrected chi connectivity index (χ1v) is 7.65. The van der Waals surface area contributed by atoms with E-state index in [1.54, 1.807) is 0 Å². The Balaban J connectivity index is 1.81. The largest absolute Gasteiger partial charge is 0.436 e. The summed E-state index contributed by atoms with van der Waals surface area (Å²) in [5, 5.41) is 0. The van der Waals surface area contributed by atoms with E-state index < -0.39 is 0 Å². The molecule has 1 saturated heterocycles. The molecule has 0 N–H and O–H groups in total. The maximum atomic E-state index is 6.01. The zero-order valence-electron chi connectivity index (χ0n) is 12.3. The fourth-order valence-electron chi connectivity index (χ4n) is 2.78. The SMILES string of the molecule is c1ccc(Oc2nc3ccccc3nc2N2CCCC2)cc1. The van der Waals surface area contributed by atoms with Crippen molar-refractivity contribution in [2.45, 2.75) is 12.8 Å². The Morgan fingerprint density at radius 1 is 0.773 bits per heavy atom. The van der Waals surface area contributed by atoms with Crippen LogP contribution in [0, 0.1) is 0 Å². The monoisotopic (exact) mass is 291 g/mol. The quantitative estimate of drug-likeness (QED) is 0.730. The van der Waals surface area contributed by atoms with Gasteiger partial charge >= 0.3 is 0 Å². The van der Waals surface area contributed by atoms with E-state index in [9.17, 15) is 0 Å². The maximum absolute atomic E-state index is 6.01. The molecule has 0 amide bonds. The lowest BCUT2D eigenvalue weighted by molar-refractivity contribution is 0.462. The molecule has 0 radical (unpaired) electrons. The molecule has 1 aromatic heterocycles. The van der Waals surface area contributed by atoms with Gasteiger partial charge in [-0.1, -0.05) is 30.3 Å². The van der Waals surface area contributed by atoms with Gasteiger partial charge in [-0.05, 0) is 37.1 Å². The Kier molecular flexibility index (Phi) is 3.35. The Morgan fingerprint density at radius 3 is 2.14 bits per heavy atom. The number of rotatable bonds is 3. The molecule has 3 aromatic rings. The normalized spacial score (nSPS) is 14.5. The van der Waals surface area contributed by atoms with Crippen LogP contribution in [-0.4, -0.2) is 23.1 Å². The van der Waals surface area contributed by atoms with Crippen LogP contribution < -0.4 is 9.64 Å². The van der Waals surface area contributed by atoms with E-state index in [1.807, 2.05) is 54.6 Å².